The highest BCUT2D eigenvalue weighted by atomic mass is 16.3. The Labute approximate surface area is 254 Å². The first kappa shape index (κ1) is 31.6. The van der Waals surface area contributed by atoms with E-state index in [0.717, 1.165) is 43.6 Å². The van der Waals surface area contributed by atoms with Gasteiger partial charge >= 0.3 is 0 Å². The molecule has 1 unspecified atom stereocenters. The second-order valence-corrected chi connectivity index (χ2v) is 11.2. The molecule has 1 fully saturated rings. The molecule has 1 aliphatic rings. The molecular formula is C34H42N6O3. The largest absolute Gasteiger partial charge is 0.446 e. The monoisotopic (exact) mass is 582 g/mol. The van der Waals surface area contributed by atoms with Gasteiger partial charge in [-0.25, -0.2) is 4.98 Å². The molecule has 0 radical (unpaired) electrons. The van der Waals surface area contributed by atoms with E-state index in [1.165, 1.54) is 23.5 Å². The van der Waals surface area contributed by atoms with Gasteiger partial charge in [-0.15, -0.1) is 0 Å². The third kappa shape index (κ3) is 9.31. The maximum Gasteiger partial charge on any atom is 0.256 e. The minimum Gasteiger partial charge on any atom is -0.446 e. The van der Waals surface area contributed by atoms with Crippen molar-refractivity contribution in [1.82, 2.24) is 30.5 Å². The van der Waals surface area contributed by atoms with E-state index in [9.17, 15) is 9.59 Å². The Kier molecular flexibility index (Phi) is 11.6. The Morgan fingerprint density at radius 3 is 2.47 bits per heavy atom. The number of benzene rings is 1. The van der Waals surface area contributed by atoms with Gasteiger partial charge in [-0.05, 0) is 62.8 Å². The molecule has 1 atom stereocenters. The van der Waals surface area contributed by atoms with Crippen LogP contribution in [0.25, 0.3) is 0 Å². The number of carbonyl (C=O) groups is 2. The summed E-state index contributed by atoms with van der Waals surface area (Å²) < 4.78 is 5.55. The molecule has 2 N–H and O–H groups in total. The predicted octanol–water partition coefficient (Wildman–Crippen LogP) is 5.78. The van der Waals surface area contributed by atoms with E-state index >= 15 is 0 Å². The fourth-order valence-electron chi connectivity index (χ4n) is 4.84. The van der Waals surface area contributed by atoms with Crippen molar-refractivity contribution in [3.63, 3.8) is 0 Å². The van der Waals surface area contributed by atoms with Gasteiger partial charge in [0.2, 0.25) is 5.89 Å². The lowest BCUT2D eigenvalue weighted by atomic mass is 10.0. The Balaban J connectivity index is 0.000000530. The Morgan fingerprint density at radius 2 is 1.77 bits per heavy atom. The number of carbonyl (C=O) groups excluding carboxylic acids is 2. The summed E-state index contributed by atoms with van der Waals surface area (Å²) in [4.78, 5) is 40.4. The van der Waals surface area contributed by atoms with Gasteiger partial charge in [-0.2, -0.15) is 0 Å². The molecule has 226 valence electrons. The summed E-state index contributed by atoms with van der Waals surface area (Å²) in [5.74, 6) is 0.589. The smallest absolute Gasteiger partial charge is 0.256 e. The van der Waals surface area contributed by atoms with E-state index in [4.69, 9.17) is 4.42 Å². The quantitative estimate of drug-likeness (QED) is 0.228. The second kappa shape index (κ2) is 15.7. The highest BCUT2D eigenvalue weighted by Gasteiger charge is 2.34. The average molecular weight is 583 g/mol. The van der Waals surface area contributed by atoms with Crippen LogP contribution in [0.1, 0.15) is 94.1 Å². The standard InChI is InChI=1S/C27H34N6O3.C7H8/c1-18(2)21-10-20(13-29-14-21)12-28-7-5-8-31-25(34)22-11-23(16-30-15-22)27(35)33-9-4-6-24(33)26-32-19(3)17-36-26;1-7-5-3-2-4-6-7/h10-11,13-18,24,28H,4-9,12H2,1-3H3,(H,31,34);2-6H,1H3. The number of hydrogen-bond donors (Lipinski definition) is 2. The maximum absolute atomic E-state index is 13.2. The number of pyridine rings is 2. The van der Waals surface area contributed by atoms with Gasteiger partial charge in [-0.3, -0.25) is 19.6 Å². The van der Waals surface area contributed by atoms with Crippen LogP contribution < -0.4 is 10.6 Å². The molecule has 0 saturated carbocycles. The first-order valence-corrected chi connectivity index (χ1v) is 14.9. The van der Waals surface area contributed by atoms with Crippen molar-refractivity contribution in [2.45, 2.75) is 65.5 Å². The molecule has 1 aliphatic heterocycles. The Morgan fingerprint density at radius 1 is 1.00 bits per heavy atom. The van der Waals surface area contributed by atoms with Crippen LogP contribution in [0.5, 0.6) is 0 Å². The number of rotatable bonds is 10. The number of aromatic nitrogens is 3. The molecule has 3 aromatic heterocycles. The summed E-state index contributed by atoms with van der Waals surface area (Å²) in [5, 5.41) is 6.30. The van der Waals surface area contributed by atoms with Crippen molar-refractivity contribution < 1.29 is 14.0 Å². The van der Waals surface area contributed by atoms with E-state index in [1.807, 2.05) is 37.5 Å². The van der Waals surface area contributed by atoms with Crippen LogP contribution in [0.2, 0.25) is 0 Å². The fourth-order valence-corrected chi connectivity index (χ4v) is 4.84. The molecule has 5 rings (SSSR count). The number of aryl methyl sites for hydroxylation is 2. The summed E-state index contributed by atoms with van der Waals surface area (Å²) in [5.41, 5.74) is 5.24. The van der Waals surface area contributed by atoms with Gasteiger partial charge < -0.3 is 20.0 Å². The topological polar surface area (TPSA) is 113 Å². The highest BCUT2D eigenvalue weighted by Crippen LogP contribution is 2.32. The van der Waals surface area contributed by atoms with Gasteiger partial charge in [-0.1, -0.05) is 55.8 Å². The minimum atomic E-state index is -0.243. The normalized spacial score (nSPS) is 14.3. The van der Waals surface area contributed by atoms with E-state index in [2.05, 4.69) is 64.6 Å². The number of oxazole rings is 1. The van der Waals surface area contributed by atoms with Crippen LogP contribution in [0.4, 0.5) is 0 Å². The van der Waals surface area contributed by atoms with Crippen LogP contribution in [0, 0.1) is 13.8 Å². The number of hydrogen-bond acceptors (Lipinski definition) is 7. The highest BCUT2D eigenvalue weighted by molar-refractivity contribution is 5.99. The lowest BCUT2D eigenvalue weighted by molar-refractivity contribution is 0.0715. The van der Waals surface area contributed by atoms with Gasteiger partial charge in [0.1, 0.15) is 12.3 Å². The molecule has 2 amide bonds. The molecule has 43 heavy (non-hydrogen) atoms. The molecule has 9 heteroatoms. The lowest BCUT2D eigenvalue weighted by Crippen LogP contribution is -2.31. The summed E-state index contributed by atoms with van der Waals surface area (Å²) >= 11 is 0. The Hall–Kier alpha value is -4.37. The van der Waals surface area contributed by atoms with E-state index < -0.39 is 0 Å². The van der Waals surface area contributed by atoms with Crippen molar-refractivity contribution >= 4 is 11.8 Å². The van der Waals surface area contributed by atoms with Crippen LogP contribution in [-0.2, 0) is 6.54 Å². The molecule has 4 aromatic rings. The summed E-state index contributed by atoms with van der Waals surface area (Å²) in [6.45, 7) is 10.9. The SMILES string of the molecule is Cc1ccccc1.Cc1coc(C2CCCN2C(=O)c2cncc(C(=O)NCCCNCc3cncc(C(C)C)c3)c2)n1. The van der Waals surface area contributed by atoms with Crippen molar-refractivity contribution in [2.24, 2.45) is 0 Å². The van der Waals surface area contributed by atoms with Gasteiger partial charge in [0.05, 0.1) is 16.8 Å². The van der Waals surface area contributed by atoms with Gasteiger partial charge in [0, 0.05) is 44.4 Å². The van der Waals surface area contributed by atoms with Gasteiger partial charge in [0.25, 0.3) is 11.8 Å². The van der Waals surface area contributed by atoms with Crippen LogP contribution in [0.15, 0.2) is 77.9 Å². The zero-order valence-electron chi connectivity index (χ0n) is 25.5. The number of amides is 2. The molecule has 1 aromatic carbocycles. The zero-order valence-corrected chi connectivity index (χ0v) is 25.5. The molecule has 0 bridgehead atoms. The zero-order chi connectivity index (χ0) is 30.6. The third-order valence-corrected chi connectivity index (χ3v) is 7.25. The maximum atomic E-state index is 13.2. The van der Waals surface area contributed by atoms with Crippen LogP contribution in [-0.4, -0.2) is 51.3 Å². The Bertz CT molecular complexity index is 1470. The number of likely N-dealkylation sites (tertiary alicyclic amines) is 1. The molecule has 0 spiro atoms. The fraction of sp³-hybridized carbons (Fsp3) is 0.382. The molecule has 9 nitrogen and oxygen atoms in total. The molecular weight excluding hydrogens is 540 g/mol. The van der Waals surface area contributed by atoms with Crippen molar-refractivity contribution in [3.05, 3.63) is 113 Å². The van der Waals surface area contributed by atoms with Crippen molar-refractivity contribution in [3.8, 4) is 0 Å². The van der Waals surface area contributed by atoms with E-state index in [-0.39, 0.29) is 17.9 Å². The first-order valence-electron chi connectivity index (χ1n) is 14.9. The van der Waals surface area contributed by atoms with E-state index in [1.54, 1.807) is 17.2 Å². The van der Waals surface area contributed by atoms with Crippen LogP contribution >= 0.6 is 0 Å². The summed E-state index contributed by atoms with van der Waals surface area (Å²) in [7, 11) is 0. The lowest BCUT2D eigenvalue weighted by Gasteiger charge is -2.22. The van der Waals surface area contributed by atoms with Gasteiger partial charge in [0.15, 0.2) is 0 Å². The molecule has 1 saturated heterocycles. The third-order valence-electron chi connectivity index (χ3n) is 7.25. The predicted molar refractivity (Wildman–Crippen MR) is 167 cm³/mol. The number of nitrogens with zero attached hydrogens (tertiary/aromatic N) is 4. The van der Waals surface area contributed by atoms with Crippen molar-refractivity contribution in [2.75, 3.05) is 19.6 Å². The van der Waals surface area contributed by atoms with E-state index in [0.29, 0.717) is 36.0 Å². The molecule has 4 heterocycles. The first-order chi connectivity index (χ1) is 20.8. The van der Waals surface area contributed by atoms with Crippen molar-refractivity contribution in [1.29, 1.82) is 0 Å². The minimum absolute atomic E-state index is 0.171. The second-order valence-electron chi connectivity index (χ2n) is 11.2. The summed E-state index contributed by atoms with van der Waals surface area (Å²) in [6, 6.07) is 13.8. The average Bonchev–Trinajstić information content (AvgIpc) is 3.68. The summed E-state index contributed by atoms with van der Waals surface area (Å²) in [6.07, 6.45) is 10.8. The number of nitrogens with one attached hydrogen (secondary N) is 2. The van der Waals surface area contributed by atoms with Crippen LogP contribution in [0.3, 0.4) is 0 Å². The molecule has 0 aliphatic carbocycles.